The van der Waals surface area contributed by atoms with Crippen molar-refractivity contribution in [3.05, 3.63) is 47.1 Å². The SMILES string of the molecule is CN1C(=O)[C@H]2CN(C(=O)OC(C)(C)C)CCN2c2c1cnc1c(F)c(-c3c(O)cccc3F)c(Cl)cc21. The van der Waals surface area contributed by atoms with E-state index in [4.69, 9.17) is 16.3 Å². The second kappa shape index (κ2) is 8.72. The number of amides is 2. The van der Waals surface area contributed by atoms with E-state index in [0.29, 0.717) is 16.8 Å². The molecular formula is C26H25ClF2N4O4. The van der Waals surface area contributed by atoms with Gasteiger partial charge in [-0.1, -0.05) is 17.7 Å². The lowest BCUT2D eigenvalue weighted by atomic mass is 9.97. The van der Waals surface area contributed by atoms with Crippen molar-refractivity contribution in [2.75, 3.05) is 36.5 Å². The smallest absolute Gasteiger partial charge is 0.410 e. The summed E-state index contributed by atoms with van der Waals surface area (Å²) in [7, 11) is 1.59. The van der Waals surface area contributed by atoms with E-state index in [-0.39, 0.29) is 47.2 Å². The van der Waals surface area contributed by atoms with Crippen LogP contribution in [0.4, 0.5) is 25.0 Å². The summed E-state index contributed by atoms with van der Waals surface area (Å²) in [6.07, 6.45) is 0.866. The zero-order valence-corrected chi connectivity index (χ0v) is 21.4. The molecule has 0 bridgehead atoms. The lowest BCUT2D eigenvalue weighted by molar-refractivity contribution is -0.120. The Kier molecular flexibility index (Phi) is 5.90. The van der Waals surface area contributed by atoms with Gasteiger partial charge in [0, 0.05) is 31.1 Å². The van der Waals surface area contributed by atoms with Crippen molar-refractivity contribution in [1.82, 2.24) is 9.88 Å². The summed E-state index contributed by atoms with van der Waals surface area (Å²) < 4.78 is 35.9. The lowest BCUT2D eigenvalue weighted by Gasteiger charge is -2.47. The number of hydrogen-bond donors (Lipinski definition) is 1. The maximum absolute atomic E-state index is 15.9. The number of benzene rings is 2. The predicted octanol–water partition coefficient (Wildman–Crippen LogP) is 4.94. The highest BCUT2D eigenvalue weighted by molar-refractivity contribution is 6.34. The van der Waals surface area contributed by atoms with Crippen molar-refractivity contribution < 1.29 is 28.2 Å². The number of rotatable bonds is 1. The molecule has 0 aliphatic carbocycles. The number of aromatic hydroxyl groups is 1. The normalized spacial score (nSPS) is 17.6. The number of aromatic nitrogens is 1. The first-order valence-electron chi connectivity index (χ1n) is 11.7. The Labute approximate surface area is 217 Å². The van der Waals surface area contributed by atoms with E-state index in [1.807, 2.05) is 4.90 Å². The molecule has 1 fully saturated rings. The molecule has 2 aliphatic heterocycles. The molecule has 37 heavy (non-hydrogen) atoms. The maximum Gasteiger partial charge on any atom is 0.410 e. The molecule has 0 radical (unpaired) electrons. The van der Waals surface area contributed by atoms with Gasteiger partial charge in [0.2, 0.25) is 0 Å². The Bertz CT molecular complexity index is 1440. The fourth-order valence-corrected chi connectivity index (χ4v) is 5.16. The van der Waals surface area contributed by atoms with E-state index in [2.05, 4.69) is 4.98 Å². The molecule has 1 aromatic heterocycles. The fraction of sp³-hybridized carbons (Fsp3) is 0.346. The molecule has 5 rings (SSSR count). The van der Waals surface area contributed by atoms with E-state index in [1.54, 1.807) is 27.8 Å². The molecule has 2 aliphatic rings. The van der Waals surface area contributed by atoms with E-state index >= 15 is 4.39 Å². The molecule has 11 heteroatoms. The van der Waals surface area contributed by atoms with Gasteiger partial charge in [0.25, 0.3) is 5.91 Å². The van der Waals surface area contributed by atoms with E-state index in [0.717, 1.165) is 6.07 Å². The summed E-state index contributed by atoms with van der Waals surface area (Å²) in [5.74, 6) is -2.43. The average Bonchev–Trinajstić information content (AvgIpc) is 2.82. The van der Waals surface area contributed by atoms with Crippen molar-refractivity contribution in [3.63, 3.8) is 0 Å². The zero-order chi connectivity index (χ0) is 26.8. The van der Waals surface area contributed by atoms with E-state index in [1.165, 1.54) is 34.2 Å². The number of nitrogens with zero attached hydrogens (tertiary/aromatic N) is 4. The molecule has 3 heterocycles. The quantitative estimate of drug-likeness (QED) is 0.479. The van der Waals surface area contributed by atoms with Gasteiger partial charge in [0.15, 0.2) is 5.82 Å². The molecule has 0 spiro atoms. The van der Waals surface area contributed by atoms with Crippen LogP contribution in [0.2, 0.25) is 5.02 Å². The molecule has 0 unspecified atom stereocenters. The number of likely N-dealkylation sites (N-methyl/N-ethyl adjacent to an activating group) is 1. The number of phenolic OH excluding ortho intramolecular Hbond substituents is 1. The third-order valence-electron chi connectivity index (χ3n) is 6.54. The standard InChI is InChI=1S/C26H25ClF2N4O4/c1-26(2,3)37-25(36)32-8-9-33-17(12-32)24(35)31(4)16-11-30-22-13(23(16)33)10-14(27)19(21(22)29)20-15(28)6-5-7-18(20)34/h5-7,10-11,17,34H,8-9,12H2,1-4H3/t17-/m1/s1. The van der Waals surface area contributed by atoms with Crippen LogP contribution in [-0.2, 0) is 9.53 Å². The molecule has 1 atom stereocenters. The minimum Gasteiger partial charge on any atom is -0.507 e. The van der Waals surface area contributed by atoms with Gasteiger partial charge < -0.3 is 24.5 Å². The van der Waals surface area contributed by atoms with Crippen LogP contribution in [0.1, 0.15) is 20.8 Å². The first-order valence-corrected chi connectivity index (χ1v) is 12.1. The Balaban J connectivity index is 1.63. The second-order valence-corrected chi connectivity index (χ2v) is 10.5. The van der Waals surface area contributed by atoms with Gasteiger partial charge in [-0.2, -0.15) is 0 Å². The Morgan fingerprint density at radius 1 is 1.22 bits per heavy atom. The summed E-state index contributed by atoms with van der Waals surface area (Å²) in [6, 6.07) is 4.38. The van der Waals surface area contributed by atoms with E-state index < -0.39 is 35.1 Å². The summed E-state index contributed by atoms with van der Waals surface area (Å²) in [4.78, 5) is 34.9. The summed E-state index contributed by atoms with van der Waals surface area (Å²) in [6.45, 7) is 5.95. The van der Waals surface area contributed by atoms with Gasteiger partial charge >= 0.3 is 6.09 Å². The van der Waals surface area contributed by atoms with Gasteiger partial charge in [0.05, 0.1) is 34.7 Å². The molecule has 1 saturated heterocycles. The van der Waals surface area contributed by atoms with Gasteiger partial charge in [-0.05, 0) is 39.0 Å². The van der Waals surface area contributed by atoms with Crippen LogP contribution in [0.15, 0.2) is 30.5 Å². The highest BCUT2D eigenvalue weighted by Gasteiger charge is 2.43. The zero-order valence-electron chi connectivity index (χ0n) is 20.7. The third-order valence-corrected chi connectivity index (χ3v) is 6.84. The van der Waals surface area contributed by atoms with Gasteiger partial charge in [-0.3, -0.25) is 9.78 Å². The number of anilines is 2. The number of piperazine rings is 1. The molecule has 8 nitrogen and oxygen atoms in total. The van der Waals surface area contributed by atoms with Crippen molar-refractivity contribution in [2.24, 2.45) is 0 Å². The van der Waals surface area contributed by atoms with Crippen molar-refractivity contribution in [1.29, 1.82) is 0 Å². The Hall–Kier alpha value is -3.66. The fourth-order valence-electron chi connectivity index (χ4n) is 4.87. The molecule has 3 aromatic rings. The maximum atomic E-state index is 15.9. The van der Waals surface area contributed by atoms with Crippen LogP contribution in [0.3, 0.4) is 0 Å². The average molecular weight is 531 g/mol. The van der Waals surface area contributed by atoms with Crippen LogP contribution in [0.25, 0.3) is 22.0 Å². The number of carbonyl (C=O) groups excluding carboxylic acids is 2. The molecule has 0 saturated carbocycles. The van der Waals surface area contributed by atoms with Gasteiger partial charge in [-0.25, -0.2) is 13.6 Å². The van der Waals surface area contributed by atoms with Crippen molar-refractivity contribution in [2.45, 2.75) is 32.4 Å². The third kappa shape index (κ3) is 4.09. The topological polar surface area (TPSA) is 86.2 Å². The monoisotopic (exact) mass is 530 g/mol. The summed E-state index contributed by atoms with van der Waals surface area (Å²) in [5.41, 5.74) is -0.444. The number of carbonyl (C=O) groups is 2. The number of fused-ring (bicyclic) bond motifs is 5. The number of halogens is 3. The number of hydrogen-bond acceptors (Lipinski definition) is 6. The number of pyridine rings is 1. The minimum atomic E-state index is -0.894. The van der Waals surface area contributed by atoms with Crippen LogP contribution in [-0.4, -0.2) is 65.3 Å². The van der Waals surface area contributed by atoms with Crippen LogP contribution < -0.4 is 9.80 Å². The molecule has 2 aromatic carbocycles. The summed E-state index contributed by atoms with van der Waals surface area (Å²) in [5, 5.41) is 10.4. The highest BCUT2D eigenvalue weighted by Crippen LogP contribution is 2.46. The Morgan fingerprint density at radius 2 is 1.95 bits per heavy atom. The predicted molar refractivity (Wildman–Crippen MR) is 136 cm³/mol. The molecule has 2 amide bonds. The number of phenols is 1. The second-order valence-electron chi connectivity index (χ2n) is 10.1. The van der Waals surface area contributed by atoms with Crippen LogP contribution in [0, 0.1) is 11.6 Å². The molecular weight excluding hydrogens is 506 g/mol. The van der Waals surface area contributed by atoms with Crippen molar-refractivity contribution >= 4 is 45.9 Å². The first-order chi connectivity index (χ1) is 17.4. The molecule has 1 N–H and O–H groups in total. The minimum absolute atomic E-state index is 0.0821. The summed E-state index contributed by atoms with van der Waals surface area (Å²) >= 11 is 6.48. The van der Waals surface area contributed by atoms with Crippen LogP contribution in [0.5, 0.6) is 5.75 Å². The van der Waals surface area contributed by atoms with E-state index in [9.17, 15) is 19.1 Å². The van der Waals surface area contributed by atoms with Crippen molar-refractivity contribution in [3.8, 4) is 16.9 Å². The lowest BCUT2D eigenvalue weighted by Crippen LogP contribution is -2.63. The Morgan fingerprint density at radius 3 is 2.62 bits per heavy atom. The van der Waals surface area contributed by atoms with Gasteiger partial charge in [-0.15, -0.1) is 0 Å². The van der Waals surface area contributed by atoms with Crippen LogP contribution >= 0.6 is 11.6 Å². The molecule has 194 valence electrons. The highest BCUT2D eigenvalue weighted by atomic mass is 35.5. The largest absolute Gasteiger partial charge is 0.507 e. The number of ether oxygens (including phenoxy) is 1. The van der Waals surface area contributed by atoms with Gasteiger partial charge in [0.1, 0.15) is 28.7 Å². The first kappa shape index (κ1) is 25.0.